The molecule has 0 spiro atoms. The third kappa shape index (κ3) is 3.62. The number of likely N-dealkylation sites (N-methyl/N-ethyl adjacent to an activating group) is 1. The van der Waals surface area contributed by atoms with E-state index in [2.05, 4.69) is 4.98 Å². The van der Waals surface area contributed by atoms with Crippen molar-refractivity contribution in [1.29, 1.82) is 0 Å². The van der Waals surface area contributed by atoms with Gasteiger partial charge in [-0.05, 0) is 12.5 Å². The predicted octanol–water partition coefficient (Wildman–Crippen LogP) is 2.85. The molecular formula is C15H16N2O4S. The Bertz CT molecular complexity index is 657. The van der Waals surface area contributed by atoms with Crippen LogP contribution < -0.4 is 0 Å². The number of aliphatic carboxylic acids is 1. The van der Waals surface area contributed by atoms with Crippen molar-refractivity contribution in [2.75, 3.05) is 7.05 Å². The number of amides is 1. The van der Waals surface area contributed by atoms with Crippen LogP contribution in [0.1, 0.15) is 22.2 Å². The molecule has 1 N–H and O–H groups in total. The average Bonchev–Trinajstić information content (AvgIpc) is 2.91. The minimum absolute atomic E-state index is 0.0953. The fourth-order valence-corrected chi connectivity index (χ4v) is 2.89. The summed E-state index contributed by atoms with van der Waals surface area (Å²) in [4.78, 5) is 29.2. The molecule has 1 atom stereocenters. The van der Waals surface area contributed by atoms with Crippen molar-refractivity contribution >= 4 is 23.4 Å². The highest BCUT2D eigenvalue weighted by Crippen LogP contribution is 2.27. The van der Waals surface area contributed by atoms with Gasteiger partial charge >= 0.3 is 12.1 Å². The van der Waals surface area contributed by atoms with Crippen LogP contribution in [-0.2, 0) is 16.1 Å². The summed E-state index contributed by atoms with van der Waals surface area (Å²) < 4.78 is 5.17. The van der Waals surface area contributed by atoms with Gasteiger partial charge in [-0.2, -0.15) is 0 Å². The van der Waals surface area contributed by atoms with Crippen LogP contribution in [0.2, 0.25) is 0 Å². The zero-order valence-corrected chi connectivity index (χ0v) is 13.0. The molecule has 0 aliphatic rings. The minimum atomic E-state index is -1.12. The van der Waals surface area contributed by atoms with E-state index in [0.29, 0.717) is 10.6 Å². The minimum Gasteiger partial charge on any atom is -0.479 e. The first-order valence-corrected chi connectivity index (χ1v) is 7.45. The SMILES string of the molecule is Cc1ncsc1C(C(=O)O)N(C)C(=O)OCc1ccccc1. The summed E-state index contributed by atoms with van der Waals surface area (Å²) in [5.74, 6) is -1.12. The van der Waals surface area contributed by atoms with Crippen molar-refractivity contribution in [3.05, 3.63) is 52.0 Å². The molecule has 0 saturated heterocycles. The highest BCUT2D eigenvalue weighted by atomic mass is 32.1. The normalized spacial score (nSPS) is 11.7. The number of benzene rings is 1. The Balaban J connectivity index is 2.07. The van der Waals surface area contributed by atoms with Gasteiger partial charge in [0, 0.05) is 7.05 Å². The molecule has 22 heavy (non-hydrogen) atoms. The lowest BCUT2D eigenvalue weighted by Crippen LogP contribution is -2.36. The summed E-state index contributed by atoms with van der Waals surface area (Å²) in [5, 5.41) is 9.40. The number of rotatable bonds is 5. The molecule has 0 saturated carbocycles. The Labute approximate surface area is 132 Å². The topological polar surface area (TPSA) is 79.7 Å². The molecule has 1 aromatic carbocycles. The molecule has 0 radical (unpaired) electrons. The predicted molar refractivity (Wildman–Crippen MR) is 81.6 cm³/mol. The fourth-order valence-electron chi connectivity index (χ4n) is 1.95. The van der Waals surface area contributed by atoms with Crippen LogP contribution in [0, 0.1) is 6.92 Å². The Morgan fingerprint density at radius 3 is 2.59 bits per heavy atom. The number of carboxylic acids is 1. The summed E-state index contributed by atoms with van der Waals surface area (Å²) in [6, 6.07) is 8.10. The van der Waals surface area contributed by atoms with Gasteiger partial charge in [-0.25, -0.2) is 14.6 Å². The smallest absolute Gasteiger partial charge is 0.410 e. The van der Waals surface area contributed by atoms with Crippen molar-refractivity contribution in [1.82, 2.24) is 9.88 Å². The van der Waals surface area contributed by atoms with Crippen molar-refractivity contribution in [2.45, 2.75) is 19.6 Å². The zero-order valence-electron chi connectivity index (χ0n) is 12.2. The molecular weight excluding hydrogens is 304 g/mol. The second-order valence-corrected chi connectivity index (χ2v) is 5.58. The summed E-state index contributed by atoms with van der Waals surface area (Å²) >= 11 is 1.20. The van der Waals surface area contributed by atoms with E-state index in [-0.39, 0.29) is 6.61 Å². The maximum Gasteiger partial charge on any atom is 0.410 e. The molecule has 2 rings (SSSR count). The first-order valence-electron chi connectivity index (χ1n) is 6.57. The molecule has 0 fully saturated rings. The van der Waals surface area contributed by atoms with E-state index in [9.17, 15) is 14.7 Å². The number of aryl methyl sites for hydroxylation is 1. The van der Waals surface area contributed by atoms with E-state index in [1.165, 1.54) is 18.4 Å². The van der Waals surface area contributed by atoms with E-state index in [1.54, 1.807) is 12.4 Å². The maximum absolute atomic E-state index is 12.1. The lowest BCUT2D eigenvalue weighted by atomic mass is 10.2. The summed E-state index contributed by atoms with van der Waals surface area (Å²) in [6.07, 6.45) is -0.691. The van der Waals surface area contributed by atoms with E-state index in [1.807, 2.05) is 30.3 Å². The van der Waals surface area contributed by atoms with Gasteiger partial charge in [0.1, 0.15) is 6.61 Å². The van der Waals surface area contributed by atoms with E-state index in [0.717, 1.165) is 10.5 Å². The van der Waals surface area contributed by atoms with E-state index < -0.39 is 18.1 Å². The van der Waals surface area contributed by atoms with Gasteiger partial charge in [0.05, 0.1) is 16.1 Å². The molecule has 1 heterocycles. The van der Waals surface area contributed by atoms with Crippen LogP contribution >= 0.6 is 11.3 Å². The van der Waals surface area contributed by atoms with Crippen molar-refractivity contribution in [3.63, 3.8) is 0 Å². The van der Waals surface area contributed by atoms with Crippen LogP contribution in [0.15, 0.2) is 35.8 Å². The van der Waals surface area contributed by atoms with Crippen LogP contribution in [0.25, 0.3) is 0 Å². The molecule has 0 aliphatic carbocycles. The number of carbonyl (C=O) groups is 2. The lowest BCUT2D eigenvalue weighted by Gasteiger charge is -2.23. The first kappa shape index (κ1) is 16.0. The Hall–Kier alpha value is -2.41. The summed E-state index contributed by atoms with van der Waals surface area (Å²) in [5.41, 5.74) is 2.99. The highest BCUT2D eigenvalue weighted by Gasteiger charge is 2.32. The van der Waals surface area contributed by atoms with Crippen LogP contribution in [0.3, 0.4) is 0 Å². The number of hydrogen-bond donors (Lipinski definition) is 1. The number of thiazole rings is 1. The number of nitrogens with zero attached hydrogens (tertiary/aromatic N) is 2. The molecule has 7 heteroatoms. The third-order valence-electron chi connectivity index (χ3n) is 3.15. The molecule has 1 aromatic heterocycles. The number of hydrogen-bond acceptors (Lipinski definition) is 5. The standard InChI is InChI=1S/C15H16N2O4S/c1-10-13(22-9-16-10)12(14(18)19)17(2)15(20)21-8-11-6-4-3-5-7-11/h3-7,9,12H,8H2,1-2H3,(H,18,19). The number of carbonyl (C=O) groups excluding carboxylic acids is 1. The second kappa shape index (κ2) is 7.04. The van der Waals surface area contributed by atoms with Crippen LogP contribution in [0.4, 0.5) is 4.79 Å². The van der Waals surface area contributed by atoms with Crippen molar-refractivity contribution < 1.29 is 19.4 Å². The second-order valence-electron chi connectivity index (χ2n) is 4.69. The molecule has 6 nitrogen and oxygen atoms in total. The summed E-state index contributed by atoms with van der Waals surface area (Å²) in [7, 11) is 1.41. The fraction of sp³-hybridized carbons (Fsp3) is 0.267. The monoisotopic (exact) mass is 320 g/mol. The number of aromatic nitrogens is 1. The van der Waals surface area contributed by atoms with Gasteiger partial charge in [0.2, 0.25) is 0 Å². The highest BCUT2D eigenvalue weighted by molar-refractivity contribution is 7.10. The molecule has 1 amide bonds. The Kier molecular flexibility index (Phi) is 5.11. The van der Waals surface area contributed by atoms with E-state index >= 15 is 0 Å². The quantitative estimate of drug-likeness (QED) is 0.916. The van der Waals surface area contributed by atoms with Crippen molar-refractivity contribution in [3.8, 4) is 0 Å². The Morgan fingerprint density at radius 1 is 1.36 bits per heavy atom. The average molecular weight is 320 g/mol. The van der Waals surface area contributed by atoms with Crippen LogP contribution in [0.5, 0.6) is 0 Å². The van der Waals surface area contributed by atoms with Crippen LogP contribution in [-0.4, -0.2) is 34.1 Å². The molecule has 0 bridgehead atoms. The Morgan fingerprint density at radius 2 is 2.05 bits per heavy atom. The molecule has 116 valence electrons. The number of carboxylic acid groups (broad SMARTS) is 1. The maximum atomic E-state index is 12.1. The summed E-state index contributed by atoms with van der Waals surface area (Å²) in [6.45, 7) is 1.81. The lowest BCUT2D eigenvalue weighted by molar-refractivity contribution is -0.142. The van der Waals surface area contributed by atoms with E-state index in [4.69, 9.17) is 4.74 Å². The van der Waals surface area contributed by atoms with Gasteiger partial charge in [-0.3, -0.25) is 4.90 Å². The van der Waals surface area contributed by atoms with Crippen molar-refractivity contribution in [2.24, 2.45) is 0 Å². The zero-order chi connectivity index (χ0) is 16.1. The van der Waals surface area contributed by atoms with Gasteiger partial charge in [0.15, 0.2) is 6.04 Å². The number of ether oxygens (including phenoxy) is 1. The van der Waals surface area contributed by atoms with Gasteiger partial charge in [-0.1, -0.05) is 30.3 Å². The van der Waals surface area contributed by atoms with Gasteiger partial charge < -0.3 is 9.84 Å². The largest absolute Gasteiger partial charge is 0.479 e. The first-order chi connectivity index (χ1) is 10.5. The molecule has 2 aromatic rings. The molecule has 0 aliphatic heterocycles. The van der Waals surface area contributed by atoms with Gasteiger partial charge in [0.25, 0.3) is 0 Å². The molecule has 1 unspecified atom stereocenters. The van der Waals surface area contributed by atoms with Gasteiger partial charge in [-0.15, -0.1) is 11.3 Å². The third-order valence-corrected chi connectivity index (χ3v) is 4.13.